The van der Waals surface area contributed by atoms with E-state index in [0.29, 0.717) is 19.5 Å². The molecule has 0 radical (unpaired) electrons. The van der Waals surface area contributed by atoms with Crippen molar-refractivity contribution in [3.05, 3.63) is 10.1 Å². The predicted molar refractivity (Wildman–Crippen MR) is 31.7 cm³/mol. The third kappa shape index (κ3) is 0.598. The Kier molecular flexibility index (Phi) is 0.930. The third-order valence-electron chi connectivity index (χ3n) is 1.99. The fourth-order valence-electron chi connectivity index (χ4n) is 1.24. The van der Waals surface area contributed by atoms with E-state index in [1.807, 2.05) is 16.9 Å². The van der Waals surface area contributed by atoms with E-state index in [1.54, 1.807) is 0 Å². The summed E-state index contributed by atoms with van der Waals surface area (Å²) in [6, 6.07) is 0. The lowest BCUT2D eigenvalue weighted by Gasteiger charge is -2.06. The lowest BCUT2D eigenvalue weighted by Crippen LogP contribution is -2.32. The summed E-state index contributed by atoms with van der Waals surface area (Å²) < 4.78 is 0. The maximum Gasteiger partial charge on any atom is 0.162 e. The zero-order chi connectivity index (χ0) is 7.30. The number of hydrazine groups is 2. The molecule has 6 nitrogen and oxygen atoms in total. The molecule has 2 fully saturated rings. The molecule has 2 aliphatic heterocycles. The Bertz CT molecular complexity index is 172. The molecule has 56 valence electrons. The number of nitrogens with zero attached hydrogens (tertiary/aromatic N) is 4. The maximum absolute atomic E-state index is 10.2. The van der Waals surface area contributed by atoms with Crippen LogP contribution in [0, 0.1) is 10.1 Å². The summed E-state index contributed by atoms with van der Waals surface area (Å²) in [7, 11) is 0. The van der Waals surface area contributed by atoms with Crippen molar-refractivity contribution in [2.45, 2.75) is 13.1 Å². The molecule has 2 unspecified atom stereocenters. The van der Waals surface area contributed by atoms with Crippen LogP contribution in [-0.4, -0.2) is 39.6 Å². The van der Waals surface area contributed by atoms with E-state index in [9.17, 15) is 10.1 Å². The third-order valence-corrected chi connectivity index (χ3v) is 1.99. The van der Waals surface area contributed by atoms with Gasteiger partial charge in [0.25, 0.3) is 0 Å². The second-order valence-electron chi connectivity index (χ2n) is 2.54. The van der Waals surface area contributed by atoms with Crippen molar-refractivity contribution in [2.24, 2.45) is 0 Å². The van der Waals surface area contributed by atoms with Crippen LogP contribution in [-0.2, 0) is 0 Å². The minimum absolute atomic E-state index is 0.362. The highest BCUT2D eigenvalue weighted by atomic mass is 16.7. The Labute approximate surface area is 57.7 Å². The van der Waals surface area contributed by atoms with Gasteiger partial charge in [-0.2, -0.15) is 10.0 Å². The molecule has 6 heteroatoms. The molecule has 0 spiro atoms. The topological polar surface area (TPSA) is 52.4 Å². The molecular formula is C4H8N4O2. The highest BCUT2D eigenvalue weighted by Gasteiger charge is 2.52. The van der Waals surface area contributed by atoms with Crippen molar-refractivity contribution in [3.8, 4) is 0 Å². The summed E-state index contributed by atoms with van der Waals surface area (Å²) in [6.45, 7) is 2.90. The molecule has 0 aromatic carbocycles. The van der Waals surface area contributed by atoms with E-state index in [-0.39, 0.29) is 5.03 Å². The van der Waals surface area contributed by atoms with Crippen LogP contribution in [0.15, 0.2) is 0 Å². The van der Waals surface area contributed by atoms with Crippen LogP contribution < -0.4 is 0 Å². The fourth-order valence-corrected chi connectivity index (χ4v) is 1.24. The van der Waals surface area contributed by atoms with E-state index in [2.05, 4.69) is 0 Å². The van der Waals surface area contributed by atoms with E-state index in [4.69, 9.17) is 0 Å². The lowest BCUT2D eigenvalue weighted by molar-refractivity contribution is -0.655. The number of nitro groups is 1. The first kappa shape index (κ1) is 5.87. The largest absolute Gasteiger partial charge is 0.235 e. The van der Waals surface area contributed by atoms with Gasteiger partial charge in [-0.1, -0.05) is 5.01 Å². The van der Waals surface area contributed by atoms with Crippen molar-refractivity contribution in [2.75, 3.05) is 13.3 Å². The fraction of sp³-hybridized carbons (Fsp3) is 1.00. The number of hydrogen-bond acceptors (Lipinski definition) is 4. The van der Waals surface area contributed by atoms with Crippen LogP contribution in [0.3, 0.4) is 0 Å². The summed E-state index contributed by atoms with van der Waals surface area (Å²) in [4.78, 5) is 10.2. The van der Waals surface area contributed by atoms with Gasteiger partial charge in [-0.25, -0.2) is 10.1 Å². The van der Waals surface area contributed by atoms with Gasteiger partial charge in [-0.05, 0) is 6.92 Å². The summed E-state index contributed by atoms with van der Waals surface area (Å²) >= 11 is 0. The van der Waals surface area contributed by atoms with Gasteiger partial charge >= 0.3 is 0 Å². The summed E-state index contributed by atoms with van der Waals surface area (Å²) in [5.41, 5.74) is 0. The molecular weight excluding hydrogens is 136 g/mol. The summed E-state index contributed by atoms with van der Waals surface area (Å²) in [5.74, 6) is 0. The Balaban J connectivity index is 1.95. The van der Waals surface area contributed by atoms with Crippen LogP contribution in [0.5, 0.6) is 0 Å². The van der Waals surface area contributed by atoms with Crippen molar-refractivity contribution in [1.29, 1.82) is 0 Å². The molecule has 0 aromatic heterocycles. The molecule has 0 amide bonds. The minimum atomic E-state index is -0.362. The first-order valence-corrected chi connectivity index (χ1v) is 3.12. The highest BCUT2D eigenvalue weighted by Crippen LogP contribution is 2.31. The Morgan fingerprint density at radius 3 is 2.40 bits per heavy atom. The average Bonchev–Trinajstić information content (AvgIpc) is 2.38. The molecule has 0 saturated carbocycles. The van der Waals surface area contributed by atoms with Crippen molar-refractivity contribution < 1.29 is 5.03 Å². The van der Waals surface area contributed by atoms with Crippen molar-refractivity contribution in [3.63, 3.8) is 0 Å². The minimum Gasteiger partial charge on any atom is -0.235 e. The van der Waals surface area contributed by atoms with Crippen LogP contribution in [0.2, 0.25) is 0 Å². The SMILES string of the molecule is CC1N2CN([N+](=O)[O-])CN12. The van der Waals surface area contributed by atoms with E-state index in [1.165, 1.54) is 5.01 Å². The summed E-state index contributed by atoms with van der Waals surface area (Å²) in [6.07, 6.45) is 0.413. The monoisotopic (exact) mass is 144 g/mol. The molecule has 0 aromatic rings. The van der Waals surface area contributed by atoms with Crippen molar-refractivity contribution >= 4 is 0 Å². The first-order valence-electron chi connectivity index (χ1n) is 3.12. The average molecular weight is 144 g/mol. The van der Waals surface area contributed by atoms with Crippen LogP contribution in [0.4, 0.5) is 0 Å². The zero-order valence-corrected chi connectivity index (χ0v) is 5.60. The molecule has 0 aliphatic carbocycles. The molecule has 10 heavy (non-hydrogen) atoms. The maximum atomic E-state index is 10.2. The van der Waals surface area contributed by atoms with Gasteiger partial charge in [0.15, 0.2) is 5.03 Å². The highest BCUT2D eigenvalue weighted by molar-refractivity contribution is 4.82. The smallest absolute Gasteiger partial charge is 0.162 e. The Morgan fingerprint density at radius 1 is 1.50 bits per heavy atom. The van der Waals surface area contributed by atoms with Gasteiger partial charge in [0, 0.05) is 0 Å². The lowest BCUT2D eigenvalue weighted by atomic mass is 10.6. The molecule has 0 N–H and O–H groups in total. The Hall–Kier alpha value is -0.880. The Morgan fingerprint density at radius 2 is 2.00 bits per heavy atom. The number of hydrogen-bond donors (Lipinski definition) is 0. The molecule has 2 atom stereocenters. The van der Waals surface area contributed by atoms with E-state index in [0.717, 1.165) is 0 Å². The molecule has 2 heterocycles. The van der Waals surface area contributed by atoms with Gasteiger partial charge < -0.3 is 0 Å². The van der Waals surface area contributed by atoms with Gasteiger partial charge in [0.2, 0.25) is 0 Å². The van der Waals surface area contributed by atoms with E-state index < -0.39 is 0 Å². The molecule has 0 bridgehead atoms. The second-order valence-corrected chi connectivity index (χ2v) is 2.54. The normalized spacial score (nSPS) is 43.3. The van der Waals surface area contributed by atoms with Gasteiger partial charge in [0.1, 0.15) is 13.3 Å². The predicted octanol–water partition coefficient (Wildman–Crippen LogP) is -0.713. The van der Waals surface area contributed by atoms with Crippen LogP contribution in [0.25, 0.3) is 0 Å². The van der Waals surface area contributed by atoms with E-state index >= 15 is 0 Å². The first-order chi connectivity index (χ1) is 4.70. The zero-order valence-electron chi connectivity index (χ0n) is 5.60. The number of rotatable bonds is 1. The van der Waals surface area contributed by atoms with Crippen LogP contribution >= 0.6 is 0 Å². The summed E-state index contributed by atoms with van der Waals surface area (Å²) in [5, 5.41) is 14.9. The van der Waals surface area contributed by atoms with Gasteiger partial charge in [-0.3, -0.25) is 0 Å². The second kappa shape index (κ2) is 1.58. The molecule has 2 rings (SSSR count). The van der Waals surface area contributed by atoms with Crippen molar-refractivity contribution in [1.82, 2.24) is 15.0 Å². The molecule has 2 saturated heterocycles. The van der Waals surface area contributed by atoms with Crippen LogP contribution in [0.1, 0.15) is 6.92 Å². The number of fused-ring (bicyclic) bond motifs is 1. The standard InChI is InChI=1S/C4H8N4O2/c1-4-6-2-5(8(9)10)3-7(4)6/h4H,2-3H2,1H3. The van der Waals surface area contributed by atoms with Gasteiger partial charge in [-0.15, -0.1) is 0 Å². The molecule has 2 aliphatic rings. The van der Waals surface area contributed by atoms with Gasteiger partial charge in [0.05, 0.1) is 6.17 Å². The quantitative estimate of drug-likeness (QED) is 0.276.